The monoisotopic (exact) mass is 366 g/mol. The quantitative estimate of drug-likeness (QED) is 0.494. The van der Waals surface area contributed by atoms with E-state index in [4.69, 9.17) is 0 Å². The molecule has 0 aromatic heterocycles. The highest BCUT2D eigenvalue weighted by atomic mass is 16.2. The van der Waals surface area contributed by atoms with Crippen LogP contribution in [0.4, 0.5) is 0 Å². The van der Waals surface area contributed by atoms with Crippen LogP contribution in [0.2, 0.25) is 0 Å². The lowest BCUT2D eigenvalue weighted by molar-refractivity contribution is -0.122. The fraction of sp³-hybridized carbons (Fsp3) is 0.120. The van der Waals surface area contributed by atoms with Crippen molar-refractivity contribution in [1.29, 1.82) is 0 Å². The van der Waals surface area contributed by atoms with Gasteiger partial charge in [0.15, 0.2) is 0 Å². The Hall–Kier alpha value is -3.46. The first-order valence-electron chi connectivity index (χ1n) is 9.46. The van der Waals surface area contributed by atoms with Gasteiger partial charge in [-0.25, -0.2) is 5.43 Å². The van der Waals surface area contributed by atoms with E-state index < -0.39 is 0 Å². The number of hydrazone groups is 1. The summed E-state index contributed by atoms with van der Waals surface area (Å²) in [7, 11) is 0. The molecule has 1 fully saturated rings. The third kappa shape index (κ3) is 3.65. The van der Waals surface area contributed by atoms with Crippen molar-refractivity contribution in [3.8, 4) is 0 Å². The SMILES string of the molecule is O=C(NN=C/C=C\c1ccccc1)[C@@H]1CC1(c1ccccc1)c1ccccc1. The highest BCUT2D eigenvalue weighted by Crippen LogP contribution is 2.58. The van der Waals surface area contributed by atoms with Gasteiger partial charge in [0.25, 0.3) is 0 Å². The van der Waals surface area contributed by atoms with Gasteiger partial charge in [0.1, 0.15) is 0 Å². The molecule has 0 spiro atoms. The Morgan fingerprint density at radius 3 is 1.96 bits per heavy atom. The molecule has 1 aliphatic rings. The summed E-state index contributed by atoms with van der Waals surface area (Å²) in [6.07, 6.45) is 6.18. The van der Waals surface area contributed by atoms with Gasteiger partial charge >= 0.3 is 0 Å². The molecule has 0 unspecified atom stereocenters. The van der Waals surface area contributed by atoms with E-state index in [0.29, 0.717) is 0 Å². The Labute approximate surface area is 165 Å². The summed E-state index contributed by atoms with van der Waals surface area (Å²) in [5.41, 5.74) is 5.89. The van der Waals surface area contributed by atoms with E-state index in [1.54, 1.807) is 6.21 Å². The van der Waals surface area contributed by atoms with Crippen molar-refractivity contribution in [3.63, 3.8) is 0 Å². The number of hydrogen-bond donors (Lipinski definition) is 1. The number of amides is 1. The zero-order chi connectivity index (χ0) is 19.2. The fourth-order valence-electron chi connectivity index (χ4n) is 3.80. The molecule has 138 valence electrons. The summed E-state index contributed by atoms with van der Waals surface area (Å²) in [6.45, 7) is 0. The Kier molecular flexibility index (Phi) is 5.16. The van der Waals surface area contributed by atoms with E-state index in [1.807, 2.05) is 78.9 Å². The van der Waals surface area contributed by atoms with E-state index in [9.17, 15) is 4.79 Å². The van der Waals surface area contributed by atoms with Crippen LogP contribution in [0.1, 0.15) is 23.1 Å². The van der Waals surface area contributed by atoms with Crippen molar-refractivity contribution in [2.75, 3.05) is 0 Å². The molecule has 1 saturated carbocycles. The third-order valence-electron chi connectivity index (χ3n) is 5.28. The average Bonchev–Trinajstić information content (AvgIpc) is 3.53. The normalized spacial score (nSPS) is 17.6. The number of carbonyl (C=O) groups excluding carboxylic acids is 1. The van der Waals surface area contributed by atoms with Crippen molar-refractivity contribution in [1.82, 2.24) is 5.43 Å². The summed E-state index contributed by atoms with van der Waals surface area (Å²) < 4.78 is 0. The number of benzene rings is 3. The van der Waals surface area contributed by atoms with Gasteiger partial charge in [-0.05, 0) is 29.2 Å². The Morgan fingerprint density at radius 1 is 0.857 bits per heavy atom. The minimum atomic E-state index is -0.262. The second-order valence-electron chi connectivity index (χ2n) is 6.98. The molecule has 0 radical (unpaired) electrons. The van der Waals surface area contributed by atoms with Crippen molar-refractivity contribution >= 4 is 18.2 Å². The van der Waals surface area contributed by atoms with Crippen LogP contribution in [0.5, 0.6) is 0 Å². The second-order valence-corrected chi connectivity index (χ2v) is 6.98. The first-order valence-corrected chi connectivity index (χ1v) is 9.46. The molecule has 1 aliphatic carbocycles. The fourth-order valence-corrected chi connectivity index (χ4v) is 3.80. The maximum atomic E-state index is 12.8. The minimum absolute atomic E-state index is 0.0444. The molecule has 28 heavy (non-hydrogen) atoms. The van der Waals surface area contributed by atoms with Crippen LogP contribution < -0.4 is 5.43 Å². The molecule has 4 rings (SSSR count). The molecule has 1 amide bonds. The maximum Gasteiger partial charge on any atom is 0.244 e. The predicted octanol–water partition coefficient (Wildman–Crippen LogP) is 4.81. The number of allylic oxidation sites excluding steroid dienone is 1. The highest BCUT2D eigenvalue weighted by molar-refractivity contribution is 5.87. The van der Waals surface area contributed by atoms with Crippen LogP contribution in [-0.4, -0.2) is 12.1 Å². The van der Waals surface area contributed by atoms with E-state index in [-0.39, 0.29) is 17.2 Å². The van der Waals surface area contributed by atoms with Crippen LogP contribution in [0.3, 0.4) is 0 Å². The number of hydrogen-bond acceptors (Lipinski definition) is 2. The molecule has 1 N–H and O–H groups in total. The lowest BCUT2D eigenvalue weighted by Gasteiger charge is -2.18. The summed E-state index contributed by atoms with van der Waals surface area (Å²) in [5, 5.41) is 4.09. The molecule has 0 aliphatic heterocycles. The molecule has 3 heteroatoms. The summed E-state index contributed by atoms with van der Waals surface area (Å²) in [5.74, 6) is -0.162. The first kappa shape index (κ1) is 17.9. The molecule has 0 saturated heterocycles. The van der Waals surface area contributed by atoms with Crippen LogP contribution in [0.25, 0.3) is 6.08 Å². The van der Waals surface area contributed by atoms with Crippen molar-refractivity contribution in [2.24, 2.45) is 11.0 Å². The van der Waals surface area contributed by atoms with Crippen LogP contribution >= 0.6 is 0 Å². The van der Waals surface area contributed by atoms with Crippen molar-refractivity contribution < 1.29 is 4.79 Å². The molecule has 0 heterocycles. The van der Waals surface area contributed by atoms with Gasteiger partial charge in [0.2, 0.25) is 5.91 Å². The first-order chi connectivity index (χ1) is 13.8. The zero-order valence-electron chi connectivity index (χ0n) is 15.5. The van der Waals surface area contributed by atoms with Gasteiger partial charge in [0, 0.05) is 11.6 Å². The van der Waals surface area contributed by atoms with E-state index in [1.165, 1.54) is 11.1 Å². The molecule has 0 bridgehead atoms. The van der Waals surface area contributed by atoms with Crippen LogP contribution in [0.15, 0.2) is 102 Å². The third-order valence-corrected chi connectivity index (χ3v) is 5.28. The van der Waals surface area contributed by atoms with E-state index >= 15 is 0 Å². The molecular formula is C25H22N2O. The average molecular weight is 366 g/mol. The van der Waals surface area contributed by atoms with Gasteiger partial charge in [0.05, 0.1) is 5.92 Å². The molecule has 1 atom stereocenters. The smallest absolute Gasteiger partial charge is 0.244 e. The van der Waals surface area contributed by atoms with Gasteiger partial charge in [-0.3, -0.25) is 4.79 Å². The topological polar surface area (TPSA) is 41.5 Å². The molecule has 3 nitrogen and oxygen atoms in total. The van der Waals surface area contributed by atoms with Gasteiger partial charge in [-0.15, -0.1) is 0 Å². The standard InChI is InChI=1S/C25H22N2O/c28-24(27-26-18-10-13-20-11-4-1-5-12-20)23-19-25(23,21-14-6-2-7-15-21)22-16-8-3-9-17-22/h1-18,23H,19H2,(H,27,28)/b13-10-,26-18?/t23-/m0/s1. The summed E-state index contributed by atoms with van der Waals surface area (Å²) >= 11 is 0. The second kappa shape index (κ2) is 8.05. The van der Waals surface area contributed by atoms with Gasteiger partial charge < -0.3 is 0 Å². The number of rotatable bonds is 6. The Morgan fingerprint density at radius 2 is 1.39 bits per heavy atom. The van der Waals surface area contributed by atoms with Crippen molar-refractivity contribution in [3.05, 3.63) is 114 Å². The van der Waals surface area contributed by atoms with E-state index in [0.717, 1.165) is 12.0 Å². The number of carbonyl (C=O) groups is 1. The van der Waals surface area contributed by atoms with Gasteiger partial charge in [-0.1, -0.05) is 97.1 Å². The molecular weight excluding hydrogens is 344 g/mol. The summed E-state index contributed by atoms with van der Waals surface area (Å²) in [6, 6.07) is 30.5. The van der Waals surface area contributed by atoms with E-state index in [2.05, 4.69) is 34.8 Å². The largest absolute Gasteiger partial charge is 0.273 e. The number of nitrogens with one attached hydrogen (secondary N) is 1. The zero-order valence-corrected chi connectivity index (χ0v) is 15.5. The Bertz CT molecular complexity index is 939. The molecule has 3 aromatic carbocycles. The summed E-state index contributed by atoms with van der Waals surface area (Å²) in [4.78, 5) is 12.8. The van der Waals surface area contributed by atoms with Gasteiger partial charge in [-0.2, -0.15) is 5.10 Å². The maximum absolute atomic E-state index is 12.8. The lowest BCUT2D eigenvalue weighted by atomic mass is 9.85. The molecule has 3 aromatic rings. The number of nitrogens with zero attached hydrogens (tertiary/aromatic N) is 1. The van der Waals surface area contributed by atoms with Crippen LogP contribution in [0, 0.1) is 5.92 Å². The minimum Gasteiger partial charge on any atom is -0.273 e. The highest BCUT2D eigenvalue weighted by Gasteiger charge is 2.60. The Balaban J connectivity index is 1.46. The van der Waals surface area contributed by atoms with Crippen molar-refractivity contribution in [2.45, 2.75) is 11.8 Å². The van der Waals surface area contributed by atoms with Crippen LogP contribution in [-0.2, 0) is 10.2 Å². The predicted molar refractivity (Wildman–Crippen MR) is 114 cm³/mol. The lowest BCUT2D eigenvalue weighted by Crippen LogP contribution is -2.25.